The summed E-state index contributed by atoms with van der Waals surface area (Å²) in [7, 11) is 0. The maximum atomic E-state index is 10.6. The Morgan fingerprint density at radius 2 is 1.92 bits per heavy atom. The molecule has 3 aromatic rings. The highest BCUT2D eigenvalue weighted by Gasteiger charge is 2.20. The van der Waals surface area contributed by atoms with Crippen LogP contribution in [0.3, 0.4) is 0 Å². The van der Waals surface area contributed by atoms with E-state index >= 15 is 0 Å². The van der Waals surface area contributed by atoms with Gasteiger partial charge in [-0.1, -0.05) is 12.1 Å². The highest BCUT2D eigenvalue weighted by molar-refractivity contribution is 7.97. The van der Waals surface area contributed by atoms with Gasteiger partial charge in [-0.25, -0.2) is 9.29 Å². The summed E-state index contributed by atoms with van der Waals surface area (Å²) < 4.78 is 3.67. The Morgan fingerprint density at radius 3 is 2.52 bits per heavy atom. The van der Waals surface area contributed by atoms with Crippen LogP contribution in [0.4, 0.5) is 0 Å². The number of aromatic hydroxyl groups is 1. The summed E-state index contributed by atoms with van der Waals surface area (Å²) in [5.41, 5.74) is 2.74. The molecule has 0 aliphatic carbocycles. The minimum Gasteiger partial charge on any atom is -0.493 e. The van der Waals surface area contributed by atoms with Crippen molar-refractivity contribution in [2.75, 3.05) is 13.1 Å². The summed E-state index contributed by atoms with van der Waals surface area (Å²) in [5.74, 6) is 0.608. The van der Waals surface area contributed by atoms with Gasteiger partial charge in [0.25, 0.3) is 0 Å². The number of benzene rings is 1. The van der Waals surface area contributed by atoms with E-state index in [2.05, 4.69) is 20.5 Å². The molecule has 6 nitrogen and oxygen atoms in total. The molecule has 1 aromatic carbocycles. The SMILES string of the molecule is Cc1nn(-c2ccc(SN3CC3)cn2)c(O)c1-c1ccc(C#N)cc1. The third-order valence-corrected chi connectivity index (χ3v) is 4.99. The van der Waals surface area contributed by atoms with Crippen LogP contribution in [-0.4, -0.2) is 37.3 Å². The van der Waals surface area contributed by atoms with E-state index in [1.54, 1.807) is 30.3 Å². The Bertz CT molecular complexity index is 953. The van der Waals surface area contributed by atoms with Gasteiger partial charge in [0, 0.05) is 24.2 Å². The number of aromatic nitrogens is 3. The second kappa shape index (κ2) is 6.24. The molecule has 124 valence electrons. The normalized spacial score (nSPS) is 13.6. The molecule has 0 atom stereocenters. The third kappa shape index (κ3) is 3.09. The van der Waals surface area contributed by atoms with Crippen LogP contribution in [0.2, 0.25) is 0 Å². The number of pyridine rings is 1. The van der Waals surface area contributed by atoms with Crippen molar-refractivity contribution >= 4 is 11.9 Å². The number of hydrogen-bond donors (Lipinski definition) is 1. The summed E-state index contributed by atoms with van der Waals surface area (Å²) in [6, 6.07) is 13.0. The van der Waals surface area contributed by atoms with E-state index in [4.69, 9.17) is 5.26 Å². The molecule has 3 heterocycles. The molecule has 4 rings (SSSR count). The summed E-state index contributed by atoms with van der Waals surface area (Å²) >= 11 is 1.68. The molecule has 0 bridgehead atoms. The Labute approximate surface area is 149 Å². The number of rotatable bonds is 4. The van der Waals surface area contributed by atoms with Crippen molar-refractivity contribution < 1.29 is 5.11 Å². The zero-order chi connectivity index (χ0) is 17.4. The van der Waals surface area contributed by atoms with E-state index in [0.717, 1.165) is 23.5 Å². The van der Waals surface area contributed by atoms with Crippen LogP contribution in [0.5, 0.6) is 5.88 Å². The van der Waals surface area contributed by atoms with Gasteiger partial charge in [-0.2, -0.15) is 15.0 Å². The molecule has 1 aliphatic heterocycles. The molecule has 1 fully saturated rings. The van der Waals surface area contributed by atoms with Gasteiger partial charge in [0.1, 0.15) is 0 Å². The van der Waals surface area contributed by atoms with Gasteiger partial charge >= 0.3 is 0 Å². The molecule has 0 radical (unpaired) electrons. The maximum Gasteiger partial charge on any atom is 0.223 e. The predicted octanol–water partition coefficient (Wildman–Crippen LogP) is 3.14. The molecule has 1 saturated heterocycles. The first-order valence-corrected chi connectivity index (χ1v) is 8.61. The van der Waals surface area contributed by atoms with Crippen LogP contribution in [0.1, 0.15) is 11.3 Å². The Morgan fingerprint density at radius 1 is 1.16 bits per heavy atom. The average molecular weight is 349 g/mol. The fourth-order valence-electron chi connectivity index (χ4n) is 2.56. The Kier molecular flexibility index (Phi) is 3.92. The zero-order valence-corrected chi connectivity index (χ0v) is 14.4. The molecule has 0 spiro atoms. The van der Waals surface area contributed by atoms with Crippen molar-refractivity contribution in [2.45, 2.75) is 11.8 Å². The van der Waals surface area contributed by atoms with Gasteiger partial charge in [-0.05, 0) is 48.7 Å². The smallest absolute Gasteiger partial charge is 0.223 e. The highest BCUT2D eigenvalue weighted by Crippen LogP contribution is 2.34. The lowest BCUT2D eigenvalue weighted by atomic mass is 10.0. The van der Waals surface area contributed by atoms with E-state index in [9.17, 15) is 5.11 Å². The van der Waals surface area contributed by atoms with Crippen molar-refractivity contribution in [3.05, 3.63) is 53.9 Å². The molecular formula is C18H15N5OS. The summed E-state index contributed by atoms with van der Waals surface area (Å²) in [6.45, 7) is 4.06. The average Bonchev–Trinajstić information content (AvgIpc) is 3.40. The van der Waals surface area contributed by atoms with Gasteiger partial charge in [0.05, 0.1) is 22.9 Å². The topological polar surface area (TPSA) is 77.7 Å². The molecule has 1 aliphatic rings. The summed E-state index contributed by atoms with van der Waals surface area (Å²) in [5, 5.41) is 24.0. The number of hydrogen-bond acceptors (Lipinski definition) is 6. The van der Waals surface area contributed by atoms with E-state index in [-0.39, 0.29) is 5.88 Å². The number of nitrogens with zero attached hydrogens (tertiary/aromatic N) is 5. The molecular weight excluding hydrogens is 334 g/mol. The molecule has 1 N–H and O–H groups in total. The fraction of sp³-hybridized carbons (Fsp3) is 0.167. The first-order valence-electron chi connectivity index (χ1n) is 7.84. The van der Waals surface area contributed by atoms with Crippen LogP contribution >= 0.6 is 11.9 Å². The molecule has 25 heavy (non-hydrogen) atoms. The van der Waals surface area contributed by atoms with Crippen LogP contribution in [0.15, 0.2) is 47.5 Å². The van der Waals surface area contributed by atoms with Gasteiger partial charge in [0.15, 0.2) is 5.82 Å². The van der Waals surface area contributed by atoms with E-state index in [1.807, 2.05) is 31.2 Å². The van der Waals surface area contributed by atoms with Crippen molar-refractivity contribution in [1.82, 2.24) is 19.1 Å². The first kappa shape index (κ1) is 15.7. The quantitative estimate of drug-likeness (QED) is 0.576. The number of nitriles is 1. The van der Waals surface area contributed by atoms with Crippen LogP contribution < -0.4 is 0 Å². The monoisotopic (exact) mass is 349 g/mol. The minimum atomic E-state index is 0.0426. The first-order chi connectivity index (χ1) is 12.2. The highest BCUT2D eigenvalue weighted by atomic mass is 32.2. The van der Waals surface area contributed by atoms with Gasteiger partial charge in [-0.15, -0.1) is 0 Å². The van der Waals surface area contributed by atoms with Gasteiger partial charge in [-0.3, -0.25) is 0 Å². The van der Waals surface area contributed by atoms with Crippen molar-refractivity contribution in [3.63, 3.8) is 0 Å². The fourth-order valence-corrected chi connectivity index (χ4v) is 3.35. The van der Waals surface area contributed by atoms with Crippen LogP contribution in [-0.2, 0) is 0 Å². The molecule has 0 amide bonds. The Hall–Kier alpha value is -2.82. The summed E-state index contributed by atoms with van der Waals surface area (Å²) in [6.07, 6.45) is 1.79. The zero-order valence-electron chi connectivity index (χ0n) is 13.5. The van der Waals surface area contributed by atoms with Crippen molar-refractivity contribution in [1.29, 1.82) is 5.26 Å². The third-order valence-electron chi connectivity index (χ3n) is 3.92. The van der Waals surface area contributed by atoms with Crippen LogP contribution in [0.25, 0.3) is 16.9 Å². The second-order valence-corrected chi connectivity index (χ2v) is 6.93. The van der Waals surface area contributed by atoms with Crippen LogP contribution in [0, 0.1) is 18.3 Å². The van der Waals surface area contributed by atoms with E-state index < -0.39 is 0 Å². The molecule has 0 saturated carbocycles. The largest absolute Gasteiger partial charge is 0.493 e. The van der Waals surface area contributed by atoms with Gasteiger partial charge in [0.2, 0.25) is 5.88 Å². The molecule has 7 heteroatoms. The molecule has 0 unspecified atom stereocenters. The predicted molar refractivity (Wildman–Crippen MR) is 95.3 cm³/mol. The Balaban J connectivity index is 1.67. The lowest BCUT2D eigenvalue weighted by Gasteiger charge is -2.05. The minimum absolute atomic E-state index is 0.0426. The van der Waals surface area contributed by atoms with Gasteiger partial charge < -0.3 is 5.11 Å². The number of aryl methyl sites for hydroxylation is 1. The van der Waals surface area contributed by atoms with Crippen molar-refractivity contribution in [3.8, 4) is 28.9 Å². The lowest BCUT2D eigenvalue weighted by Crippen LogP contribution is -1.99. The standard InChI is InChI=1S/C18H15N5OS/c1-12-17(14-4-2-13(10-19)3-5-14)18(24)23(21-12)16-7-6-15(11-20-16)25-22-8-9-22/h2-7,11,24H,8-9H2,1H3. The second-order valence-electron chi connectivity index (χ2n) is 5.76. The van der Waals surface area contributed by atoms with Crippen molar-refractivity contribution in [2.24, 2.45) is 0 Å². The lowest BCUT2D eigenvalue weighted by molar-refractivity contribution is 0.433. The van der Waals surface area contributed by atoms with E-state index in [1.165, 1.54) is 4.68 Å². The molecule has 2 aromatic heterocycles. The maximum absolute atomic E-state index is 10.6. The summed E-state index contributed by atoms with van der Waals surface area (Å²) in [4.78, 5) is 5.48. The van der Waals surface area contributed by atoms with E-state index in [0.29, 0.717) is 22.6 Å².